The number of amides is 3. The maximum atomic E-state index is 11.8. The number of imide groups is 1. The molecule has 1 unspecified atom stereocenters. The van der Waals surface area contributed by atoms with Crippen LogP contribution in [0.5, 0.6) is 0 Å². The first kappa shape index (κ1) is 17.2. The van der Waals surface area contributed by atoms with Gasteiger partial charge >= 0.3 is 6.03 Å². The molecule has 0 saturated heterocycles. The molecule has 0 aromatic heterocycles. The molecule has 1 atom stereocenters. The Morgan fingerprint density at radius 2 is 1.81 bits per heavy atom. The number of urea groups is 1. The summed E-state index contributed by atoms with van der Waals surface area (Å²) in [6, 6.07) is 7.66. The molecule has 1 rings (SSSR count). The van der Waals surface area contributed by atoms with Crippen LogP contribution in [0.3, 0.4) is 0 Å². The highest BCUT2D eigenvalue weighted by atomic mass is 16.2. The van der Waals surface area contributed by atoms with Crippen molar-refractivity contribution in [1.29, 1.82) is 0 Å². The molecule has 0 bridgehead atoms. The Labute approximate surface area is 126 Å². The molecule has 1 aromatic rings. The molecule has 0 aliphatic rings. The summed E-state index contributed by atoms with van der Waals surface area (Å²) in [5, 5.41) is 5.06. The van der Waals surface area contributed by atoms with Crippen molar-refractivity contribution in [3.63, 3.8) is 0 Å². The van der Waals surface area contributed by atoms with Crippen LogP contribution in [-0.2, 0) is 11.3 Å². The molecular weight excluding hydrogens is 266 g/mol. The second kappa shape index (κ2) is 7.22. The molecule has 0 radical (unpaired) electrons. The third kappa shape index (κ3) is 6.90. The smallest absolute Gasteiger partial charge is 0.322 e. The van der Waals surface area contributed by atoms with E-state index >= 15 is 0 Å². The number of quaternary nitrogens is 1. The summed E-state index contributed by atoms with van der Waals surface area (Å²) < 4.78 is 0. The maximum absolute atomic E-state index is 11.8. The molecule has 1 aromatic carbocycles. The Bertz CT molecular complexity index is 506. The average Bonchev–Trinajstić information content (AvgIpc) is 2.28. The van der Waals surface area contributed by atoms with E-state index in [0.29, 0.717) is 0 Å². The number of carbonyl (C=O) groups excluding carboxylic acids is 2. The van der Waals surface area contributed by atoms with Crippen molar-refractivity contribution < 1.29 is 14.5 Å². The molecule has 0 spiro atoms. The van der Waals surface area contributed by atoms with Gasteiger partial charge in [-0.2, -0.15) is 0 Å². The van der Waals surface area contributed by atoms with Gasteiger partial charge in [0.1, 0.15) is 6.54 Å². The quantitative estimate of drug-likeness (QED) is 0.762. The number of likely N-dealkylation sites (N-methyl/N-ethyl adjacent to an activating group) is 1. The first-order chi connectivity index (χ1) is 9.67. The fourth-order valence-corrected chi connectivity index (χ4v) is 2.01. The van der Waals surface area contributed by atoms with E-state index in [-0.39, 0.29) is 18.0 Å². The summed E-state index contributed by atoms with van der Waals surface area (Å²) in [6.45, 7) is 8.66. The SMILES string of the molecule is Cc1ccccc1C[NH+](C)CC(=O)NC(=O)NC(C)(C)C. The molecule has 3 N–H and O–H groups in total. The van der Waals surface area contributed by atoms with Crippen molar-refractivity contribution in [2.45, 2.75) is 39.8 Å². The Hall–Kier alpha value is -1.88. The van der Waals surface area contributed by atoms with E-state index in [9.17, 15) is 9.59 Å². The van der Waals surface area contributed by atoms with Crippen molar-refractivity contribution in [2.24, 2.45) is 0 Å². The van der Waals surface area contributed by atoms with Gasteiger partial charge in [-0.15, -0.1) is 0 Å². The maximum Gasteiger partial charge on any atom is 0.322 e. The van der Waals surface area contributed by atoms with Crippen LogP contribution >= 0.6 is 0 Å². The van der Waals surface area contributed by atoms with Crippen molar-refractivity contribution in [3.05, 3.63) is 35.4 Å². The van der Waals surface area contributed by atoms with Crippen LogP contribution in [-0.4, -0.2) is 31.1 Å². The van der Waals surface area contributed by atoms with Gasteiger partial charge in [0.25, 0.3) is 5.91 Å². The van der Waals surface area contributed by atoms with Gasteiger partial charge in [-0.3, -0.25) is 10.1 Å². The molecule has 21 heavy (non-hydrogen) atoms. The van der Waals surface area contributed by atoms with Crippen LogP contribution < -0.4 is 15.5 Å². The van der Waals surface area contributed by atoms with Crippen molar-refractivity contribution in [1.82, 2.24) is 10.6 Å². The Morgan fingerprint density at radius 1 is 1.19 bits per heavy atom. The van der Waals surface area contributed by atoms with E-state index in [1.165, 1.54) is 11.1 Å². The number of hydrogen-bond acceptors (Lipinski definition) is 2. The number of rotatable bonds is 4. The summed E-state index contributed by atoms with van der Waals surface area (Å²) >= 11 is 0. The summed E-state index contributed by atoms with van der Waals surface area (Å²) in [5.41, 5.74) is 2.06. The van der Waals surface area contributed by atoms with Crippen LogP contribution in [0.4, 0.5) is 4.79 Å². The minimum atomic E-state index is -0.448. The molecule has 5 heteroatoms. The Balaban J connectivity index is 2.44. The van der Waals surface area contributed by atoms with Gasteiger partial charge in [0.2, 0.25) is 0 Å². The second-order valence-corrected chi connectivity index (χ2v) is 6.49. The van der Waals surface area contributed by atoms with E-state index in [1.54, 1.807) is 0 Å². The third-order valence-corrected chi connectivity index (χ3v) is 2.96. The number of hydrogen-bond donors (Lipinski definition) is 3. The number of carbonyl (C=O) groups is 2. The van der Waals surface area contributed by atoms with Gasteiger partial charge in [0, 0.05) is 11.1 Å². The fraction of sp³-hybridized carbons (Fsp3) is 0.500. The lowest BCUT2D eigenvalue weighted by Crippen LogP contribution is -3.09. The van der Waals surface area contributed by atoms with Crippen LogP contribution in [0, 0.1) is 6.92 Å². The molecule has 3 amide bonds. The van der Waals surface area contributed by atoms with E-state index in [0.717, 1.165) is 11.4 Å². The largest absolute Gasteiger partial charge is 0.333 e. The number of benzene rings is 1. The summed E-state index contributed by atoms with van der Waals surface area (Å²) in [7, 11) is 1.94. The second-order valence-electron chi connectivity index (χ2n) is 6.49. The van der Waals surface area contributed by atoms with Crippen molar-refractivity contribution in [2.75, 3.05) is 13.6 Å². The third-order valence-electron chi connectivity index (χ3n) is 2.96. The van der Waals surface area contributed by atoms with Gasteiger partial charge in [-0.1, -0.05) is 24.3 Å². The zero-order valence-corrected chi connectivity index (χ0v) is 13.5. The average molecular weight is 292 g/mol. The van der Waals surface area contributed by atoms with Gasteiger partial charge in [0.05, 0.1) is 7.05 Å². The lowest BCUT2D eigenvalue weighted by molar-refractivity contribution is -0.885. The lowest BCUT2D eigenvalue weighted by Gasteiger charge is -2.20. The molecule has 116 valence electrons. The van der Waals surface area contributed by atoms with E-state index in [1.807, 2.05) is 40.0 Å². The minimum Gasteiger partial charge on any atom is -0.333 e. The highest BCUT2D eigenvalue weighted by Crippen LogP contribution is 2.04. The predicted octanol–water partition coefficient (Wildman–Crippen LogP) is 0.634. The zero-order valence-electron chi connectivity index (χ0n) is 13.5. The van der Waals surface area contributed by atoms with E-state index < -0.39 is 6.03 Å². The summed E-state index contributed by atoms with van der Waals surface area (Å²) in [5.74, 6) is -0.275. The number of nitrogens with one attached hydrogen (secondary N) is 3. The zero-order chi connectivity index (χ0) is 16.0. The summed E-state index contributed by atoms with van der Waals surface area (Å²) in [6.07, 6.45) is 0. The number of aryl methyl sites for hydroxylation is 1. The van der Waals surface area contributed by atoms with Crippen LogP contribution in [0.2, 0.25) is 0 Å². The lowest BCUT2D eigenvalue weighted by atomic mass is 10.1. The van der Waals surface area contributed by atoms with E-state index in [2.05, 4.69) is 29.7 Å². The van der Waals surface area contributed by atoms with Crippen LogP contribution in [0.25, 0.3) is 0 Å². The summed E-state index contributed by atoms with van der Waals surface area (Å²) in [4.78, 5) is 24.5. The highest BCUT2D eigenvalue weighted by Gasteiger charge is 2.18. The molecule has 0 aliphatic carbocycles. The van der Waals surface area contributed by atoms with Gasteiger partial charge in [-0.05, 0) is 33.3 Å². The topological polar surface area (TPSA) is 62.6 Å². The van der Waals surface area contributed by atoms with E-state index in [4.69, 9.17) is 0 Å². The Kier molecular flexibility index (Phi) is 5.90. The van der Waals surface area contributed by atoms with Gasteiger partial charge in [0.15, 0.2) is 6.54 Å². The van der Waals surface area contributed by atoms with Gasteiger partial charge < -0.3 is 10.2 Å². The standard InChI is InChI=1S/C16H25N3O2/c1-12-8-6-7-9-13(12)10-19(5)11-14(20)17-15(21)18-16(2,3)4/h6-9H,10-11H2,1-5H3,(H2,17,18,20,21)/p+1. The molecule has 0 saturated carbocycles. The molecule has 0 aliphatic heterocycles. The normalized spacial score (nSPS) is 12.6. The Morgan fingerprint density at radius 3 is 2.38 bits per heavy atom. The molecule has 0 heterocycles. The molecule has 5 nitrogen and oxygen atoms in total. The molecule has 0 fully saturated rings. The highest BCUT2D eigenvalue weighted by molar-refractivity contribution is 5.94. The van der Waals surface area contributed by atoms with Crippen LogP contribution in [0.15, 0.2) is 24.3 Å². The van der Waals surface area contributed by atoms with Crippen molar-refractivity contribution in [3.8, 4) is 0 Å². The van der Waals surface area contributed by atoms with Gasteiger partial charge in [-0.25, -0.2) is 4.79 Å². The van der Waals surface area contributed by atoms with Crippen molar-refractivity contribution >= 4 is 11.9 Å². The monoisotopic (exact) mass is 292 g/mol. The first-order valence-corrected chi connectivity index (χ1v) is 7.15. The minimum absolute atomic E-state index is 0.256. The fourth-order valence-electron chi connectivity index (χ4n) is 2.01. The van der Waals surface area contributed by atoms with Crippen LogP contribution in [0.1, 0.15) is 31.9 Å². The first-order valence-electron chi connectivity index (χ1n) is 7.15. The predicted molar refractivity (Wildman–Crippen MR) is 83.1 cm³/mol. The molecular formula is C16H26N3O2+.